The molecule has 1 amide bonds. The van der Waals surface area contributed by atoms with Crippen molar-refractivity contribution < 1.29 is 45.7 Å². The molecule has 2 N–H and O–H groups in total. The zero-order valence-corrected chi connectivity index (χ0v) is 22.7. The number of nitrogens with one attached hydrogen (secondary N) is 1. The summed E-state index contributed by atoms with van der Waals surface area (Å²) in [5, 5.41) is 11.4. The number of hydrogen-bond acceptors (Lipinski definition) is 5. The van der Waals surface area contributed by atoms with Crippen LogP contribution in [-0.2, 0) is 28.4 Å². The fraction of sp³-hybridized carbons (Fsp3) is 0.290. The molecule has 0 aliphatic carbocycles. The molecule has 1 atom stereocenters. The van der Waals surface area contributed by atoms with Crippen molar-refractivity contribution >= 4 is 17.9 Å². The molecule has 0 fully saturated rings. The Morgan fingerprint density at radius 3 is 2.23 bits per heavy atom. The number of aliphatic hydroxyl groups excluding tert-OH is 1. The third kappa shape index (κ3) is 8.38. The molecule has 228 valence electrons. The summed E-state index contributed by atoms with van der Waals surface area (Å²) >= 11 is 0. The number of aliphatic imine (C=N–C) groups is 1. The molecule has 0 aromatic heterocycles. The second-order valence-electron chi connectivity index (χ2n) is 9.80. The van der Waals surface area contributed by atoms with Crippen LogP contribution < -0.4 is 10.1 Å². The minimum atomic E-state index is -5.01. The van der Waals surface area contributed by atoms with E-state index in [2.05, 4.69) is 10.3 Å². The van der Waals surface area contributed by atoms with E-state index < -0.39 is 41.5 Å². The number of rotatable bonds is 11. The van der Waals surface area contributed by atoms with E-state index in [1.54, 1.807) is 36.4 Å². The molecule has 1 aliphatic heterocycles. The average Bonchev–Trinajstić information content (AvgIpc) is 3.41. The van der Waals surface area contributed by atoms with Gasteiger partial charge in [-0.1, -0.05) is 42.5 Å². The van der Waals surface area contributed by atoms with Crippen molar-refractivity contribution in [3.05, 3.63) is 107 Å². The largest absolute Gasteiger partial charge is 0.494 e. The molecule has 0 saturated heterocycles. The van der Waals surface area contributed by atoms with Crippen LogP contribution >= 0.6 is 0 Å². The molecule has 0 saturated carbocycles. The number of nitrogens with zero attached hydrogens (tertiary/aromatic N) is 1. The predicted octanol–water partition coefficient (Wildman–Crippen LogP) is 6.42. The normalized spacial score (nSPS) is 17.0. The van der Waals surface area contributed by atoms with E-state index >= 15 is 0 Å². The lowest BCUT2D eigenvalue weighted by Crippen LogP contribution is -2.46. The second kappa shape index (κ2) is 13.3. The molecular weight excluding hydrogens is 578 g/mol. The smallest absolute Gasteiger partial charge is 0.416 e. The first kappa shape index (κ1) is 31.6. The van der Waals surface area contributed by atoms with Gasteiger partial charge in [0.25, 0.3) is 5.91 Å². The van der Waals surface area contributed by atoms with Gasteiger partial charge in [0.05, 0.1) is 17.7 Å². The van der Waals surface area contributed by atoms with Gasteiger partial charge in [0.1, 0.15) is 12.4 Å². The van der Waals surface area contributed by atoms with Crippen LogP contribution in [-0.4, -0.2) is 42.3 Å². The highest BCUT2D eigenvalue weighted by Crippen LogP contribution is 2.36. The Morgan fingerprint density at radius 2 is 1.63 bits per heavy atom. The molecule has 4 rings (SSSR count). The van der Waals surface area contributed by atoms with Crippen LogP contribution in [0.5, 0.6) is 5.75 Å². The summed E-state index contributed by atoms with van der Waals surface area (Å²) in [6, 6.07) is 17.0. The average molecular weight is 607 g/mol. The Kier molecular flexibility index (Phi) is 9.80. The molecule has 12 heteroatoms. The summed E-state index contributed by atoms with van der Waals surface area (Å²) in [6.45, 7) is -0.497. The molecule has 0 unspecified atom stereocenters. The van der Waals surface area contributed by atoms with Crippen LogP contribution in [0, 0.1) is 0 Å². The maximum atomic E-state index is 13.5. The van der Waals surface area contributed by atoms with Crippen molar-refractivity contribution in [3.8, 4) is 5.75 Å². The highest BCUT2D eigenvalue weighted by molar-refractivity contribution is 6.00. The number of carbonyl (C=O) groups excluding carboxylic acids is 1. The van der Waals surface area contributed by atoms with E-state index in [-0.39, 0.29) is 37.2 Å². The zero-order valence-electron chi connectivity index (χ0n) is 22.7. The topological polar surface area (TPSA) is 80.2 Å². The van der Waals surface area contributed by atoms with Crippen LogP contribution in [0.3, 0.4) is 0 Å². The van der Waals surface area contributed by atoms with Crippen LogP contribution in [0.15, 0.2) is 83.9 Å². The van der Waals surface area contributed by atoms with Crippen molar-refractivity contribution in [1.82, 2.24) is 5.32 Å². The molecule has 6 nitrogen and oxygen atoms in total. The van der Waals surface area contributed by atoms with Crippen LogP contribution in [0.4, 0.5) is 26.3 Å². The van der Waals surface area contributed by atoms with E-state index in [4.69, 9.17) is 14.6 Å². The Labute approximate surface area is 243 Å². The van der Waals surface area contributed by atoms with E-state index in [9.17, 15) is 31.1 Å². The number of alkyl halides is 6. The SMILES string of the molecule is O=C(NCc1cc(C(F)(F)F)cc(C(F)(F)F)c1)[C@@]1(C/C=C/c2ccccc2)COC(c2ccc(OCCCO)cc2)=N1. The molecule has 3 aromatic carbocycles. The number of halogens is 6. The Bertz CT molecular complexity index is 1420. The first-order valence-electron chi connectivity index (χ1n) is 13.2. The summed E-state index contributed by atoms with van der Waals surface area (Å²) in [5.74, 6) is -0.0383. The molecule has 0 spiro atoms. The van der Waals surface area contributed by atoms with Crippen molar-refractivity contribution in [3.63, 3.8) is 0 Å². The zero-order chi connectivity index (χ0) is 31.1. The highest BCUT2D eigenvalue weighted by Gasteiger charge is 2.43. The third-order valence-electron chi connectivity index (χ3n) is 6.52. The van der Waals surface area contributed by atoms with Crippen molar-refractivity contribution in [1.29, 1.82) is 0 Å². The first-order valence-corrected chi connectivity index (χ1v) is 13.2. The van der Waals surface area contributed by atoms with Crippen molar-refractivity contribution in [2.75, 3.05) is 19.8 Å². The second-order valence-corrected chi connectivity index (χ2v) is 9.80. The standard InChI is InChI=1S/C31H28F6N2O4/c32-30(33,34)24-16-22(17-25(18-24)31(35,36)37)19-38-28(41)29(13-4-8-21-6-2-1-3-7-21)20-43-27(39-29)23-9-11-26(12-10-23)42-15-5-14-40/h1-4,6-12,16-18,40H,5,13-15,19-20H2,(H,38,41)/b8-4+/t29-/m1/s1. The van der Waals surface area contributed by atoms with E-state index in [1.165, 1.54) is 0 Å². The fourth-order valence-corrected chi connectivity index (χ4v) is 4.28. The van der Waals surface area contributed by atoms with Crippen LogP contribution in [0.1, 0.15) is 40.7 Å². The van der Waals surface area contributed by atoms with E-state index in [0.717, 1.165) is 5.56 Å². The minimum absolute atomic E-state index is 0.0111. The minimum Gasteiger partial charge on any atom is -0.494 e. The molecule has 43 heavy (non-hydrogen) atoms. The number of amides is 1. The van der Waals surface area contributed by atoms with E-state index in [1.807, 2.05) is 30.3 Å². The maximum Gasteiger partial charge on any atom is 0.416 e. The summed E-state index contributed by atoms with van der Waals surface area (Å²) in [4.78, 5) is 18.1. The number of carbonyl (C=O) groups is 1. The highest BCUT2D eigenvalue weighted by atomic mass is 19.4. The lowest BCUT2D eigenvalue weighted by atomic mass is 9.95. The number of aliphatic hydroxyl groups is 1. The van der Waals surface area contributed by atoms with Gasteiger partial charge in [-0.15, -0.1) is 0 Å². The number of benzene rings is 3. The molecule has 3 aromatic rings. The van der Waals surface area contributed by atoms with Gasteiger partial charge in [0.15, 0.2) is 5.54 Å². The number of ether oxygens (including phenoxy) is 2. The van der Waals surface area contributed by atoms with Gasteiger partial charge >= 0.3 is 12.4 Å². The van der Waals surface area contributed by atoms with Gasteiger partial charge in [-0.25, -0.2) is 4.99 Å². The number of hydrogen-bond donors (Lipinski definition) is 2. The van der Waals surface area contributed by atoms with Gasteiger partial charge in [-0.05, 0) is 53.6 Å². The van der Waals surface area contributed by atoms with Crippen LogP contribution in [0.2, 0.25) is 0 Å². The van der Waals surface area contributed by atoms with Crippen LogP contribution in [0.25, 0.3) is 6.08 Å². The Morgan fingerprint density at radius 1 is 0.977 bits per heavy atom. The summed E-state index contributed by atoms with van der Waals surface area (Å²) in [5.41, 5.74) is -3.47. The lowest BCUT2D eigenvalue weighted by Gasteiger charge is -2.22. The lowest BCUT2D eigenvalue weighted by molar-refractivity contribution is -0.143. The van der Waals surface area contributed by atoms with Gasteiger partial charge in [0.2, 0.25) is 5.90 Å². The van der Waals surface area contributed by atoms with Gasteiger partial charge in [0, 0.05) is 31.6 Å². The fourth-order valence-electron chi connectivity index (χ4n) is 4.28. The predicted molar refractivity (Wildman–Crippen MR) is 147 cm³/mol. The Balaban J connectivity index is 1.58. The van der Waals surface area contributed by atoms with Gasteiger partial charge in [-0.2, -0.15) is 26.3 Å². The summed E-state index contributed by atoms with van der Waals surface area (Å²) in [7, 11) is 0. The monoisotopic (exact) mass is 606 g/mol. The van der Waals surface area contributed by atoms with Crippen molar-refractivity contribution in [2.45, 2.75) is 37.3 Å². The molecule has 1 aliphatic rings. The summed E-state index contributed by atoms with van der Waals surface area (Å²) in [6.07, 6.45) is -6.05. The molecule has 1 heterocycles. The maximum absolute atomic E-state index is 13.5. The molecular formula is C31H28F6N2O4. The molecule has 0 radical (unpaired) electrons. The Hall–Kier alpha value is -4.32. The molecule has 0 bridgehead atoms. The third-order valence-corrected chi connectivity index (χ3v) is 6.52. The first-order chi connectivity index (χ1) is 20.4. The van der Waals surface area contributed by atoms with E-state index in [0.29, 0.717) is 36.5 Å². The van der Waals surface area contributed by atoms with Gasteiger partial charge in [-0.3, -0.25) is 4.79 Å². The quantitative estimate of drug-likeness (QED) is 0.195. The van der Waals surface area contributed by atoms with Gasteiger partial charge < -0.3 is 19.9 Å². The van der Waals surface area contributed by atoms with Crippen molar-refractivity contribution in [2.24, 2.45) is 4.99 Å². The summed E-state index contributed by atoms with van der Waals surface area (Å²) < 4.78 is 91.2.